The van der Waals surface area contributed by atoms with Gasteiger partial charge in [0.1, 0.15) is 0 Å². The van der Waals surface area contributed by atoms with Crippen LogP contribution in [0.25, 0.3) is 0 Å². The molecule has 0 spiro atoms. The fourth-order valence-corrected chi connectivity index (χ4v) is 2.07. The molecule has 0 atom stereocenters. The van der Waals surface area contributed by atoms with E-state index in [0.29, 0.717) is 13.0 Å². The minimum absolute atomic E-state index is 0.105. The zero-order valence-electron chi connectivity index (χ0n) is 10.9. The van der Waals surface area contributed by atoms with Crippen molar-refractivity contribution < 1.29 is 23.5 Å². The Morgan fingerprint density at radius 3 is 2.74 bits per heavy atom. The summed E-state index contributed by atoms with van der Waals surface area (Å²) in [6.45, 7) is -0.892. The second kappa shape index (κ2) is 8.04. The van der Waals surface area contributed by atoms with Crippen molar-refractivity contribution in [3.05, 3.63) is 0 Å². The maximum absolute atomic E-state index is 12.3. The number of aliphatic hydroxyl groups is 1. The van der Waals surface area contributed by atoms with Gasteiger partial charge in [0.15, 0.2) is 0 Å². The molecule has 1 rings (SSSR count). The van der Waals surface area contributed by atoms with Crippen molar-refractivity contribution in [1.29, 1.82) is 0 Å². The Hall–Kier alpha value is -1.24. The smallest absolute Gasteiger partial charge is 0.255 e. The molecule has 0 aromatic carbocycles. The van der Waals surface area contributed by atoms with Crippen molar-refractivity contribution in [2.24, 2.45) is 0 Å². The van der Waals surface area contributed by atoms with Crippen LogP contribution < -0.4 is 0 Å². The first-order valence-electron chi connectivity index (χ1n) is 6.49. The summed E-state index contributed by atoms with van der Waals surface area (Å²) in [6, 6.07) is 0. The van der Waals surface area contributed by atoms with Gasteiger partial charge >= 0.3 is 0 Å². The van der Waals surface area contributed by atoms with E-state index in [4.69, 9.17) is 5.11 Å². The van der Waals surface area contributed by atoms with Crippen LogP contribution in [0.4, 0.5) is 8.78 Å². The molecule has 1 aliphatic rings. The molecular formula is C12H20F2N2O3. The summed E-state index contributed by atoms with van der Waals surface area (Å²) in [7, 11) is 0. The van der Waals surface area contributed by atoms with Crippen LogP contribution in [0.2, 0.25) is 0 Å². The lowest BCUT2D eigenvalue weighted by molar-refractivity contribution is -0.141. The highest BCUT2D eigenvalue weighted by atomic mass is 19.3. The molecule has 0 aromatic heterocycles. The standard InChI is InChI=1S/C12H20F2N2O3/c13-10(14)8-16(6-7-17)12(19)9-15-5-3-1-2-4-11(15)18/h10,17H,1-9H2. The first-order valence-corrected chi connectivity index (χ1v) is 6.49. The van der Waals surface area contributed by atoms with Gasteiger partial charge in [-0.15, -0.1) is 0 Å². The Balaban J connectivity index is 2.56. The SMILES string of the molecule is O=C1CCCCCN1CC(=O)N(CCO)CC(F)F. The minimum atomic E-state index is -2.64. The van der Waals surface area contributed by atoms with Crippen molar-refractivity contribution in [2.75, 3.05) is 32.8 Å². The Bertz CT molecular complexity index is 313. The van der Waals surface area contributed by atoms with E-state index in [1.807, 2.05) is 0 Å². The lowest BCUT2D eigenvalue weighted by Crippen LogP contribution is -2.45. The average Bonchev–Trinajstić information content (AvgIpc) is 2.54. The van der Waals surface area contributed by atoms with Gasteiger partial charge in [0, 0.05) is 19.5 Å². The van der Waals surface area contributed by atoms with Crippen molar-refractivity contribution in [3.8, 4) is 0 Å². The highest BCUT2D eigenvalue weighted by Gasteiger charge is 2.23. The summed E-state index contributed by atoms with van der Waals surface area (Å²) < 4.78 is 24.7. The first kappa shape index (κ1) is 15.8. The minimum Gasteiger partial charge on any atom is -0.395 e. The van der Waals surface area contributed by atoms with E-state index < -0.39 is 18.9 Å². The van der Waals surface area contributed by atoms with Gasteiger partial charge in [0.2, 0.25) is 11.8 Å². The molecule has 5 nitrogen and oxygen atoms in total. The van der Waals surface area contributed by atoms with Gasteiger partial charge in [-0.25, -0.2) is 8.78 Å². The quantitative estimate of drug-likeness (QED) is 0.768. The summed E-state index contributed by atoms with van der Waals surface area (Å²) in [5.74, 6) is -0.642. The Kier molecular flexibility index (Phi) is 6.69. The van der Waals surface area contributed by atoms with E-state index >= 15 is 0 Å². The third-order valence-corrected chi connectivity index (χ3v) is 3.08. The number of rotatable bonds is 6. The predicted octanol–water partition coefficient (Wildman–Crippen LogP) is 0.475. The summed E-state index contributed by atoms with van der Waals surface area (Å²) in [4.78, 5) is 25.9. The van der Waals surface area contributed by atoms with E-state index in [1.54, 1.807) is 0 Å². The molecule has 2 amide bonds. The lowest BCUT2D eigenvalue weighted by Gasteiger charge is -2.26. The fourth-order valence-electron chi connectivity index (χ4n) is 2.07. The van der Waals surface area contributed by atoms with Gasteiger partial charge in [-0.05, 0) is 12.8 Å². The van der Waals surface area contributed by atoms with E-state index in [-0.39, 0.29) is 25.6 Å². The molecule has 0 radical (unpaired) electrons. The Morgan fingerprint density at radius 2 is 2.11 bits per heavy atom. The highest BCUT2D eigenvalue weighted by Crippen LogP contribution is 2.11. The molecule has 0 aromatic rings. The normalized spacial score (nSPS) is 16.6. The number of likely N-dealkylation sites (tertiary alicyclic amines) is 1. The van der Waals surface area contributed by atoms with Crippen molar-refractivity contribution in [3.63, 3.8) is 0 Å². The van der Waals surface area contributed by atoms with Gasteiger partial charge in [-0.1, -0.05) is 6.42 Å². The van der Waals surface area contributed by atoms with Crippen LogP contribution >= 0.6 is 0 Å². The summed E-state index contributed by atoms with van der Waals surface area (Å²) in [5.41, 5.74) is 0. The number of hydrogen-bond donors (Lipinski definition) is 1. The third kappa shape index (κ3) is 5.50. The number of aliphatic hydroxyl groups excluding tert-OH is 1. The summed E-state index contributed by atoms with van der Waals surface area (Å²) >= 11 is 0. The molecule has 0 bridgehead atoms. The van der Waals surface area contributed by atoms with Crippen LogP contribution in [0.1, 0.15) is 25.7 Å². The van der Waals surface area contributed by atoms with Crippen LogP contribution in [0, 0.1) is 0 Å². The third-order valence-electron chi connectivity index (χ3n) is 3.08. The molecule has 7 heteroatoms. The fraction of sp³-hybridized carbons (Fsp3) is 0.833. The number of hydrogen-bond acceptors (Lipinski definition) is 3. The zero-order valence-corrected chi connectivity index (χ0v) is 10.9. The van der Waals surface area contributed by atoms with E-state index in [1.165, 1.54) is 4.90 Å². The van der Waals surface area contributed by atoms with Crippen LogP contribution in [-0.4, -0.2) is 65.9 Å². The Labute approximate surface area is 111 Å². The molecule has 110 valence electrons. The molecule has 1 N–H and O–H groups in total. The van der Waals surface area contributed by atoms with Crippen LogP contribution in [0.15, 0.2) is 0 Å². The molecule has 1 aliphatic heterocycles. The molecule has 0 unspecified atom stereocenters. The summed E-state index contributed by atoms with van der Waals surface area (Å²) in [5, 5.41) is 8.78. The monoisotopic (exact) mass is 278 g/mol. The molecule has 1 saturated heterocycles. The van der Waals surface area contributed by atoms with Gasteiger partial charge in [-0.2, -0.15) is 0 Å². The molecule has 0 saturated carbocycles. The second-order valence-corrected chi connectivity index (χ2v) is 4.58. The highest BCUT2D eigenvalue weighted by molar-refractivity contribution is 5.85. The van der Waals surface area contributed by atoms with E-state index in [2.05, 4.69) is 0 Å². The molecular weight excluding hydrogens is 258 g/mol. The zero-order chi connectivity index (χ0) is 14.3. The molecule has 19 heavy (non-hydrogen) atoms. The topological polar surface area (TPSA) is 60.9 Å². The van der Waals surface area contributed by atoms with Gasteiger partial charge < -0.3 is 14.9 Å². The number of amides is 2. The summed E-state index contributed by atoms with van der Waals surface area (Å²) in [6.07, 6.45) is 0.334. The molecule has 1 fully saturated rings. The van der Waals surface area contributed by atoms with E-state index in [0.717, 1.165) is 24.2 Å². The van der Waals surface area contributed by atoms with Crippen molar-refractivity contribution >= 4 is 11.8 Å². The van der Waals surface area contributed by atoms with Gasteiger partial charge in [0.05, 0.1) is 19.7 Å². The van der Waals surface area contributed by atoms with Crippen LogP contribution in [0.3, 0.4) is 0 Å². The van der Waals surface area contributed by atoms with Gasteiger partial charge in [-0.3, -0.25) is 9.59 Å². The maximum Gasteiger partial charge on any atom is 0.255 e. The maximum atomic E-state index is 12.3. The van der Waals surface area contributed by atoms with E-state index in [9.17, 15) is 18.4 Å². The van der Waals surface area contributed by atoms with Crippen LogP contribution in [0.5, 0.6) is 0 Å². The van der Waals surface area contributed by atoms with Gasteiger partial charge in [0.25, 0.3) is 6.43 Å². The first-order chi connectivity index (χ1) is 9.04. The van der Waals surface area contributed by atoms with Crippen molar-refractivity contribution in [2.45, 2.75) is 32.1 Å². The largest absolute Gasteiger partial charge is 0.395 e. The molecule has 0 aliphatic carbocycles. The Morgan fingerprint density at radius 1 is 1.37 bits per heavy atom. The number of carbonyl (C=O) groups is 2. The van der Waals surface area contributed by atoms with Crippen molar-refractivity contribution in [1.82, 2.24) is 9.80 Å². The number of halogens is 2. The number of alkyl halides is 2. The number of nitrogens with zero attached hydrogens (tertiary/aromatic N) is 2. The average molecular weight is 278 g/mol. The molecule has 1 heterocycles. The lowest BCUT2D eigenvalue weighted by atomic mass is 10.2. The second-order valence-electron chi connectivity index (χ2n) is 4.58. The van der Waals surface area contributed by atoms with Crippen LogP contribution in [-0.2, 0) is 9.59 Å². The number of carbonyl (C=O) groups excluding carboxylic acids is 2. The predicted molar refractivity (Wildman–Crippen MR) is 64.7 cm³/mol.